The van der Waals surface area contributed by atoms with Gasteiger partial charge in [0.2, 0.25) is 5.95 Å². The number of methoxy groups -OCH3 is 1. The number of anilines is 1. The fraction of sp³-hybridized carbons (Fsp3) is 0.278. The number of nitrogens with zero attached hydrogens (tertiary/aromatic N) is 2. The molecule has 0 amide bonds. The van der Waals surface area contributed by atoms with E-state index in [1.54, 1.807) is 7.11 Å². The monoisotopic (exact) mass is 293 g/mol. The Morgan fingerprint density at radius 2 is 1.95 bits per heavy atom. The van der Waals surface area contributed by atoms with E-state index in [9.17, 15) is 0 Å². The van der Waals surface area contributed by atoms with E-state index >= 15 is 0 Å². The highest BCUT2D eigenvalue weighted by Crippen LogP contribution is 2.31. The van der Waals surface area contributed by atoms with Crippen LogP contribution in [0.5, 0.6) is 5.75 Å². The highest BCUT2D eigenvalue weighted by molar-refractivity contribution is 5.77. The van der Waals surface area contributed by atoms with Crippen molar-refractivity contribution in [2.24, 2.45) is 0 Å². The molecule has 4 heteroatoms. The number of aromatic amines is 1. The molecule has 0 aliphatic carbocycles. The molecule has 1 saturated heterocycles. The SMILES string of the molecule is COc1ccc(C2CCN(c3nc4ccccc4[nH]3)C2)cc1. The minimum Gasteiger partial charge on any atom is -0.497 e. The van der Waals surface area contributed by atoms with Crippen molar-refractivity contribution < 1.29 is 4.74 Å². The lowest BCUT2D eigenvalue weighted by atomic mass is 9.98. The van der Waals surface area contributed by atoms with Crippen molar-refractivity contribution in [3.05, 3.63) is 54.1 Å². The summed E-state index contributed by atoms with van der Waals surface area (Å²) in [5.41, 5.74) is 3.51. The van der Waals surface area contributed by atoms with Crippen molar-refractivity contribution in [1.29, 1.82) is 0 Å². The van der Waals surface area contributed by atoms with E-state index in [0.29, 0.717) is 5.92 Å². The van der Waals surface area contributed by atoms with Gasteiger partial charge in [-0.25, -0.2) is 4.98 Å². The number of para-hydroxylation sites is 2. The van der Waals surface area contributed by atoms with Crippen molar-refractivity contribution in [1.82, 2.24) is 9.97 Å². The summed E-state index contributed by atoms with van der Waals surface area (Å²) in [5, 5.41) is 0. The van der Waals surface area contributed by atoms with E-state index in [0.717, 1.165) is 42.2 Å². The Hall–Kier alpha value is -2.49. The number of H-pyrrole nitrogens is 1. The third-order valence-electron chi connectivity index (χ3n) is 4.45. The summed E-state index contributed by atoms with van der Waals surface area (Å²) in [6.07, 6.45) is 1.16. The smallest absolute Gasteiger partial charge is 0.203 e. The molecule has 1 N–H and O–H groups in total. The zero-order chi connectivity index (χ0) is 14.9. The Balaban J connectivity index is 1.53. The maximum Gasteiger partial charge on any atom is 0.203 e. The molecule has 4 nitrogen and oxygen atoms in total. The van der Waals surface area contributed by atoms with Gasteiger partial charge in [-0.2, -0.15) is 0 Å². The molecular formula is C18H19N3O. The normalized spacial score (nSPS) is 18.0. The summed E-state index contributed by atoms with van der Waals surface area (Å²) >= 11 is 0. The van der Waals surface area contributed by atoms with Crippen molar-refractivity contribution >= 4 is 17.0 Å². The molecule has 3 aromatic rings. The van der Waals surface area contributed by atoms with E-state index in [2.05, 4.69) is 28.1 Å². The average molecular weight is 293 g/mol. The number of hydrogen-bond donors (Lipinski definition) is 1. The molecule has 22 heavy (non-hydrogen) atoms. The highest BCUT2D eigenvalue weighted by Gasteiger charge is 2.25. The first-order valence-electron chi connectivity index (χ1n) is 7.67. The number of rotatable bonds is 3. The number of benzene rings is 2. The summed E-state index contributed by atoms with van der Waals surface area (Å²) in [7, 11) is 1.70. The zero-order valence-electron chi connectivity index (χ0n) is 12.6. The zero-order valence-corrected chi connectivity index (χ0v) is 12.6. The molecular weight excluding hydrogens is 274 g/mol. The van der Waals surface area contributed by atoms with Gasteiger partial charge in [0.15, 0.2) is 0 Å². The second kappa shape index (κ2) is 5.37. The molecule has 0 spiro atoms. The first-order chi connectivity index (χ1) is 10.8. The summed E-state index contributed by atoms with van der Waals surface area (Å²) in [6.45, 7) is 2.04. The third kappa shape index (κ3) is 2.30. The molecule has 2 heterocycles. The maximum atomic E-state index is 5.23. The van der Waals surface area contributed by atoms with Gasteiger partial charge in [0.05, 0.1) is 18.1 Å². The quantitative estimate of drug-likeness (QED) is 0.802. The van der Waals surface area contributed by atoms with Crippen LogP contribution < -0.4 is 9.64 Å². The lowest BCUT2D eigenvalue weighted by Crippen LogP contribution is -2.20. The molecule has 1 unspecified atom stereocenters. The van der Waals surface area contributed by atoms with Gasteiger partial charge in [0, 0.05) is 19.0 Å². The largest absolute Gasteiger partial charge is 0.497 e. The van der Waals surface area contributed by atoms with Crippen LogP contribution in [0.2, 0.25) is 0 Å². The van der Waals surface area contributed by atoms with E-state index in [4.69, 9.17) is 9.72 Å². The van der Waals surface area contributed by atoms with Crippen LogP contribution in [-0.2, 0) is 0 Å². The highest BCUT2D eigenvalue weighted by atomic mass is 16.5. The van der Waals surface area contributed by atoms with Crippen molar-refractivity contribution in [3.63, 3.8) is 0 Å². The summed E-state index contributed by atoms with van der Waals surface area (Å²) in [4.78, 5) is 10.5. The van der Waals surface area contributed by atoms with E-state index in [-0.39, 0.29) is 0 Å². The number of ether oxygens (including phenoxy) is 1. The Morgan fingerprint density at radius 1 is 1.14 bits per heavy atom. The minimum atomic E-state index is 0.555. The maximum absolute atomic E-state index is 5.23. The van der Waals surface area contributed by atoms with Crippen LogP contribution in [0.25, 0.3) is 11.0 Å². The molecule has 1 fully saturated rings. The summed E-state index contributed by atoms with van der Waals surface area (Å²) < 4.78 is 5.23. The summed E-state index contributed by atoms with van der Waals surface area (Å²) in [5.74, 6) is 2.45. The van der Waals surface area contributed by atoms with Gasteiger partial charge >= 0.3 is 0 Å². The van der Waals surface area contributed by atoms with Gasteiger partial charge in [-0.3, -0.25) is 0 Å². The van der Waals surface area contributed by atoms with Crippen LogP contribution in [0.15, 0.2) is 48.5 Å². The second-order valence-electron chi connectivity index (χ2n) is 5.78. The van der Waals surface area contributed by atoms with Crippen LogP contribution in [0, 0.1) is 0 Å². The van der Waals surface area contributed by atoms with Gasteiger partial charge in [0.25, 0.3) is 0 Å². The predicted octanol–water partition coefficient (Wildman–Crippen LogP) is 3.57. The molecule has 1 aliphatic heterocycles. The Bertz CT molecular complexity index is 745. The van der Waals surface area contributed by atoms with Crippen molar-refractivity contribution in [3.8, 4) is 5.75 Å². The Kier molecular flexibility index (Phi) is 3.22. The molecule has 0 radical (unpaired) electrons. The number of fused-ring (bicyclic) bond motifs is 1. The lowest BCUT2D eigenvalue weighted by molar-refractivity contribution is 0.414. The number of nitrogens with one attached hydrogen (secondary N) is 1. The van der Waals surface area contributed by atoms with Gasteiger partial charge in [-0.1, -0.05) is 24.3 Å². The standard InChI is InChI=1S/C18H19N3O/c1-22-15-8-6-13(7-9-15)14-10-11-21(12-14)18-19-16-4-2-3-5-17(16)20-18/h2-9,14H,10-12H2,1H3,(H,19,20). The van der Waals surface area contributed by atoms with Crippen LogP contribution in [0.4, 0.5) is 5.95 Å². The number of imidazole rings is 1. The Morgan fingerprint density at radius 3 is 2.73 bits per heavy atom. The van der Waals surface area contributed by atoms with Gasteiger partial charge in [-0.15, -0.1) is 0 Å². The molecule has 4 rings (SSSR count). The Labute approximate surface area is 129 Å². The molecule has 2 aromatic carbocycles. The van der Waals surface area contributed by atoms with Gasteiger partial charge in [0.1, 0.15) is 5.75 Å². The molecule has 0 saturated carbocycles. The fourth-order valence-electron chi connectivity index (χ4n) is 3.19. The molecule has 1 aliphatic rings. The van der Waals surface area contributed by atoms with E-state index in [1.165, 1.54) is 5.56 Å². The summed E-state index contributed by atoms with van der Waals surface area (Å²) in [6, 6.07) is 16.6. The molecule has 1 aromatic heterocycles. The third-order valence-corrected chi connectivity index (χ3v) is 4.45. The van der Waals surface area contributed by atoms with Crippen LogP contribution >= 0.6 is 0 Å². The van der Waals surface area contributed by atoms with E-state index < -0.39 is 0 Å². The van der Waals surface area contributed by atoms with Gasteiger partial charge in [-0.05, 0) is 36.2 Å². The molecule has 0 bridgehead atoms. The number of aromatic nitrogens is 2. The fourth-order valence-corrected chi connectivity index (χ4v) is 3.19. The molecule has 1 atom stereocenters. The van der Waals surface area contributed by atoms with Crippen molar-refractivity contribution in [2.45, 2.75) is 12.3 Å². The number of hydrogen-bond acceptors (Lipinski definition) is 3. The first kappa shape index (κ1) is 13.2. The minimum absolute atomic E-state index is 0.555. The first-order valence-corrected chi connectivity index (χ1v) is 7.67. The lowest BCUT2D eigenvalue weighted by Gasteiger charge is -2.15. The van der Waals surface area contributed by atoms with Crippen LogP contribution in [0.3, 0.4) is 0 Å². The predicted molar refractivity (Wildman–Crippen MR) is 88.7 cm³/mol. The van der Waals surface area contributed by atoms with Crippen LogP contribution in [0.1, 0.15) is 17.9 Å². The average Bonchev–Trinajstić information content (AvgIpc) is 3.21. The van der Waals surface area contributed by atoms with E-state index in [1.807, 2.05) is 30.3 Å². The topological polar surface area (TPSA) is 41.1 Å². The molecule has 112 valence electrons. The van der Waals surface area contributed by atoms with Gasteiger partial charge < -0.3 is 14.6 Å². The van der Waals surface area contributed by atoms with Crippen LogP contribution in [-0.4, -0.2) is 30.2 Å². The second-order valence-corrected chi connectivity index (χ2v) is 5.78. The van der Waals surface area contributed by atoms with Crippen molar-refractivity contribution in [2.75, 3.05) is 25.1 Å².